The van der Waals surface area contributed by atoms with E-state index in [1.54, 1.807) is 43.3 Å². The number of carboxylic acids is 1. The van der Waals surface area contributed by atoms with Gasteiger partial charge in [-0.3, -0.25) is 14.4 Å². The number of hydrogen-bond donors (Lipinski definition) is 1. The quantitative estimate of drug-likeness (QED) is 0.915. The molecule has 1 aliphatic carbocycles. The van der Waals surface area contributed by atoms with Crippen LogP contribution in [0.2, 0.25) is 0 Å². The third-order valence-corrected chi connectivity index (χ3v) is 5.35. The normalized spacial score (nSPS) is 25.4. The minimum absolute atomic E-state index is 0.0329. The number of amides is 2. The van der Waals surface area contributed by atoms with Crippen LogP contribution in [0.15, 0.2) is 24.3 Å². The molecule has 1 N–H and O–H groups in total. The summed E-state index contributed by atoms with van der Waals surface area (Å²) in [6.07, 6.45) is 2.40. The van der Waals surface area contributed by atoms with E-state index < -0.39 is 11.4 Å². The summed E-state index contributed by atoms with van der Waals surface area (Å²) in [5.74, 6) is -1.12. The molecule has 0 unspecified atom stereocenters. The van der Waals surface area contributed by atoms with Crippen LogP contribution in [-0.2, 0) is 4.79 Å². The fraction of sp³-hybridized carbons (Fsp3) is 0.500. The fourth-order valence-electron chi connectivity index (χ4n) is 4.02. The van der Waals surface area contributed by atoms with E-state index >= 15 is 0 Å². The van der Waals surface area contributed by atoms with Crippen molar-refractivity contribution in [1.29, 1.82) is 0 Å². The molecule has 6 nitrogen and oxygen atoms in total. The minimum Gasteiger partial charge on any atom is -0.481 e. The van der Waals surface area contributed by atoms with Crippen LogP contribution in [-0.4, -0.2) is 59.9 Å². The Labute approximate surface area is 141 Å². The van der Waals surface area contributed by atoms with Crippen molar-refractivity contribution in [2.24, 2.45) is 11.3 Å². The lowest BCUT2D eigenvalue weighted by Gasteiger charge is -2.23. The zero-order chi connectivity index (χ0) is 17.5. The number of carbonyl (C=O) groups is 3. The lowest BCUT2D eigenvalue weighted by atomic mass is 9.81. The molecular formula is C18H22N2O4. The molecule has 2 amide bonds. The van der Waals surface area contributed by atoms with E-state index in [-0.39, 0.29) is 24.3 Å². The average Bonchev–Trinajstić information content (AvgIpc) is 3.11. The lowest BCUT2D eigenvalue weighted by Crippen LogP contribution is -2.37. The van der Waals surface area contributed by atoms with E-state index in [9.17, 15) is 19.5 Å². The molecule has 2 aliphatic rings. The molecular weight excluding hydrogens is 308 g/mol. The molecule has 1 aromatic rings. The Morgan fingerprint density at radius 1 is 1.25 bits per heavy atom. The number of carboxylic acid groups (broad SMARTS) is 1. The largest absolute Gasteiger partial charge is 0.481 e. The zero-order valence-corrected chi connectivity index (χ0v) is 14.0. The Kier molecular flexibility index (Phi) is 4.07. The zero-order valence-electron chi connectivity index (χ0n) is 14.0. The molecule has 2 atom stereocenters. The van der Waals surface area contributed by atoms with Gasteiger partial charge in [-0.25, -0.2) is 0 Å². The van der Waals surface area contributed by atoms with Gasteiger partial charge in [-0.05, 0) is 37.0 Å². The molecule has 6 heteroatoms. The topological polar surface area (TPSA) is 77.9 Å². The first kappa shape index (κ1) is 16.5. The predicted octanol–water partition coefficient (Wildman–Crippen LogP) is 1.72. The van der Waals surface area contributed by atoms with Crippen molar-refractivity contribution in [3.05, 3.63) is 35.4 Å². The molecule has 1 aromatic carbocycles. The fourth-order valence-corrected chi connectivity index (χ4v) is 4.02. The molecule has 2 fully saturated rings. The maximum atomic E-state index is 12.8. The van der Waals surface area contributed by atoms with Crippen LogP contribution >= 0.6 is 0 Å². The first-order valence-corrected chi connectivity index (χ1v) is 8.19. The van der Waals surface area contributed by atoms with E-state index in [4.69, 9.17) is 0 Å². The first-order valence-electron chi connectivity index (χ1n) is 8.19. The van der Waals surface area contributed by atoms with E-state index in [0.29, 0.717) is 24.1 Å². The van der Waals surface area contributed by atoms with Gasteiger partial charge in [0, 0.05) is 38.3 Å². The van der Waals surface area contributed by atoms with Crippen LogP contribution in [0.1, 0.15) is 40.0 Å². The van der Waals surface area contributed by atoms with E-state index in [0.717, 1.165) is 12.8 Å². The lowest BCUT2D eigenvalue weighted by molar-refractivity contribution is -0.149. The van der Waals surface area contributed by atoms with Gasteiger partial charge in [0.25, 0.3) is 11.8 Å². The van der Waals surface area contributed by atoms with Gasteiger partial charge in [0.1, 0.15) is 0 Å². The highest BCUT2D eigenvalue weighted by Gasteiger charge is 2.55. The van der Waals surface area contributed by atoms with Crippen molar-refractivity contribution < 1.29 is 19.5 Å². The molecule has 1 saturated heterocycles. The van der Waals surface area contributed by atoms with Crippen LogP contribution in [0, 0.1) is 11.3 Å². The van der Waals surface area contributed by atoms with Crippen LogP contribution < -0.4 is 0 Å². The van der Waals surface area contributed by atoms with Crippen LogP contribution in [0.25, 0.3) is 0 Å². The minimum atomic E-state index is -0.795. The molecule has 128 valence electrons. The summed E-state index contributed by atoms with van der Waals surface area (Å²) in [6, 6.07) is 6.63. The van der Waals surface area contributed by atoms with Gasteiger partial charge in [-0.2, -0.15) is 0 Å². The van der Waals surface area contributed by atoms with Gasteiger partial charge in [0.15, 0.2) is 0 Å². The molecule has 0 aromatic heterocycles. The molecule has 0 spiro atoms. The Morgan fingerprint density at radius 3 is 2.58 bits per heavy atom. The van der Waals surface area contributed by atoms with Gasteiger partial charge in [-0.1, -0.05) is 12.5 Å². The monoisotopic (exact) mass is 330 g/mol. The number of aliphatic carboxylic acids is 1. The van der Waals surface area contributed by atoms with E-state index in [1.165, 1.54) is 4.90 Å². The highest BCUT2D eigenvalue weighted by atomic mass is 16.4. The second-order valence-corrected chi connectivity index (χ2v) is 7.02. The average molecular weight is 330 g/mol. The summed E-state index contributed by atoms with van der Waals surface area (Å²) >= 11 is 0. The predicted molar refractivity (Wildman–Crippen MR) is 87.8 cm³/mol. The third kappa shape index (κ3) is 2.56. The number of hydrogen-bond acceptors (Lipinski definition) is 3. The molecule has 3 rings (SSSR count). The van der Waals surface area contributed by atoms with Gasteiger partial charge < -0.3 is 14.9 Å². The van der Waals surface area contributed by atoms with Gasteiger partial charge >= 0.3 is 5.97 Å². The Balaban J connectivity index is 1.82. The van der Waals surface area contributed by atoms with E-state index in [1.807, 2.05) is 0 Å². The molecule has 1 aliphatic heterocycles. The molecule has 1 saturated carbocycles. The second kappa shape index (κ2) is 5.92. The second-order valence-electron chi connectivity index (χ2n) is 7.02. The smallest absolute Gasteiger partial charge is 0.311 e. The summed E-state index contributed by atoms with van der Waals surface area (Å²) in [7, 11) is 3.32. The van der Waals surface area contributed by atoms with Crippen LogP contribution in [0.5, 0.6) is 0 Å². The van der Waals surface area contributed by atoms with Crippen LogP contribution in [0.3, 0.4) is 0 Å². The van der Waals surface area contributed by atoms with Crippen molar-refractivity contribution >= 4 is 17.8 Å². The van der Waals surface area contributed by atoms with Crippen molar-refractivity contribution in [3.8, 4) is 0 Å². The molecule has 24 heavy (non-hydrogen) atoms. The maximum absolute atomic E-state index is 12.8. The summed E-state index contributed by atoms with van der Waals surface area (Å²) in [5, 5.41) is 9.63. The highest BCUT2D eigenvalue weighted by molar-refractivity contribution is 6.00. The van der Waals surface area contributed by atoms with Gasteiger partial charge in [0.05, 0.1) is 5.41 Å². The maximum Gasteiger partial charge on any atom is 0.311 e. The number of fused-ring (bicyclic) bond motifs is 1. The SMILES string of the molecule is CN(C)C(=O)c1cccc(C(=O)N2C[C@@H]3CCC[C@@]3(C(=O)O)C2)c1. The van der Waals surface area contributed by atoms with Gasteiger partial charge in [-0.15, -0.1) is 0 Å². The number of nitrogens with zero attached hydrogens (tertiary/aromatic N) is 2. The highest BCUT2D eigenvalue weighted by Crippen LogP contribution is 2.49. The van der Waals surface area contributed by atoms with E-state index in [2.05, 4.69) is 0 Å². The molecule has 0 bridgehead atoms. The summed E-state index contributed by atoms with van der Waals surface area (Å²) in [6.45, 7) is 0.745. The summed E-state index contributed by atoms with van der Waals surface area (Å²) < 4.78 is 0. The Bertz CT molecular complexity index is 700. The van der Waals surface area contributed by atoms with Crippen molar-refractivity contribution in [2.45, 2.75) is 19.3 Å². The van der Waals surface area contributed by atoms with Crippen molar-refractivity contribution in [2.75, 3.05) is 27.2 Å². The molecule has 0 radical (unpaired) electrons. The standard InChI is InChI=1S/C18H22N2O4/c1-19(2)15(21)12-5-3-6-13(9-12)16(22)20-10-14-7-4-8-18(14,11-20)17(23)24/h3,5-6,9,14H,4,7-8,10-11H2,1-2H3,(H,23,24)/t14-,18+/m0/s1. The number of likely N-dealkylation sites (tertiary alicyclic amines) is 1. The summed E-state index contributed by atoms with van der Waals surface area (Å²) in [5.41, 5.74) is 0.105. The number of benzene rings is 1. The van der Waals surface area contributed by atoms with Gasteiger partial charge in [0.2, 0.25) is 0 Å². The summed E-state index contributed by atoms with van der Waals surface area (Å²) in [4.78, 5) is 39.7. The Morgan fingerprint density at radius 2 is 1.96 bits per heavy atom. The molecule has 1 heterocycles. The van der Waals surface area contributed by atoms with Crippen molar-refractivity contribution in [3.63, 3.8) is 0 Å². The number of rotatable bonds is 3. The first-order chi connectivity index (χ1) is 11.3. The third-order valence-electron chi connectivity index (χ3n) is 5.35. The van der Waals surface area contributed by atoms with Crippen molar-refractivity contribution in [1.82, 2.24) is 9.80 Å². The number of carbonyl (C=O) groups excluding carboxylic acids is 2. The van der Waals surface area contributed by atoms with Crippen LogP contribution in [0.4, 0.5) is 0 Å². The Hall–Kier alpha value is -2.37.